The average Bonchev–Trinajstić information content (AvgIpc) is 2.19. The summed E-state index contributed by atoms with van der Waals surface area (Å²) in [4.78, 5) is 15.2. The molecule has 0 bridgehead atoms. The van der Waals surface area contributed by atoms with Crippen molar-refractivity contribution in [3.63, 3.8) is 0 Å². The second-order valence-electron chi connectivity index (χ2n) is 3.49. The molecule has 0 aliphatic rings. The molecule has 2 N–H and O–H groups in total. The Morgan fingerprint density at radius 3 is 2.88 bits per heavy atom. The van der Waals surface area contributed by atoms with E-state index < -0.39 is 0 Å². The first kappa shape index (κ1) is 12.6. The molecule has 0 saturated carbocycles. The third kappa shape index (κ3) is 3.62. The lowest BCUT2D eigenvalue weighted by Crippen LogP contribution is -2.28. The van der Waals surface area contributed by atoms with Crippen LogP contribution in [0, 0.1) is 0 Å². The molecular formula is C10H15N3O2S. The first-order chi connectivity index (χ1) is 7.52. The van der Waals surface area contributed by atoms with Gasteiger partial charge in [-0.25, -0.2) is 4.79 Å². The highest BCUT2D eigenvalue weighted by atomic mass is 32.2. The third-order valence-corrected chi connectivity index (χ3v) is 2.46. The maximum atomic E-state index is 11.4. The smallest absolute Gasteiger partial charge is 0.341 e. The zero-order chi connectivity index (χ0) is 12.1. The van der Waals surface area contributed by atoms with E-state index in [1.54, 1.807) is 12.1 Å². The molecule has 16 heavy (non-hydrogen) atoms. The number of thioether (sulfide) groups is 1. The van der Waals surface area contributed by atoms with E-state index in [1.165, 1.54) is 18.0 Å². The Balaban J connectivity index is 2.95. The maximum absolute atomic E-state index is 11.4. The summed E-state index contributed by atoms with van der Waals surface area (Å²) in [6, 6.07) is 2.89. The number of hydrogen-bond donors (Lipinski definition) is 2. The van der Waals surface area contributed by atoms with Crippen molar-refractivity contribution in [1.29, 1.82) is 0 Å². The number of pyridine rings is 1. The molecule has 0 unspecified atom stereocenters. The van der Waals surface area contributed by atoms with Gasteiger partial charge >= 0.3 is 6.03 Å². The maximum Gasteiger partial charge on any atom is 0.341 e. The van der Waals surface area contributed by atoms with Crippen molar-refractivity contribution < 1.29 is 10.0 Å². The quantitative estimate of drug-likeness (QED) is 0.608. The minimum Gasteiger partial charge on any atom is -0.428 e. The molecule has 0 aromatic carbocycles. The second kappa shape index (κ2) is 5.60. The summed E-state index contributed by atoms with van der Waals surface area (Å²) >= 11 is 1.37. The normalized spacial score (nSPS) is 11.9. The van der Waals surface area contributed by atoms with Crippen LogP contribution < -0.4 is 10.7 Å². The second-order valence-corrected chi connectivity index (χ2v) is 4.31. The van der Waals surface area contributed by atoms with Gasteiger partial charge in [0.25, 0.3) is 0 Å². The number of carbonyl (C=O) groups is 1. The van der Waals surface area contributed by atoms with Crippen molar-refractivity contribution in [3.8, 4) is 0 Å². The van der Waals surface area contributed by atoms with Gasteiger partial charge in [0.15, 0.2) is 0 Å². The lowest BCUT2D eigenvalue weighted by molar-refractivity contribution is 0.159. The topological polar surface area (TPSA) is 66.6 Å². The standard InChI is InChI=1S/C10H15N3O2S/c1-7(2)11-10(14)12-8-4-5-13(15)9(6-8)16-3/h4-7,15H,1-3H3,(H,11,14)/b12-8+. The SMILES string of the molecule is CSc1c/c(=N/C(=O)NC(C)C)ccn1O. The molecule has 0 fully saturated rings. The molecular weight excluding hydrogens is 226 g/mol. The zero-order valence-electron chi connectivity index (χ0n) is 9.47. The van der Waals surface area contributed by atoms with Crippen molar-refractivity contribution in [1.82, 2.24) is 10.0 Å². The van der Waals surface area contributed by atoms with Crippen LogP contribution in [0.1, 0.15) is 13.8 Å². The largest absolute Gasteiger partial charge is 0.428 e. The Morgan fingerprint density at radius 2 is 2.31 bits per heavy atom. The summed E-state index contributed by atoms with van der Waals surface area (Å²) in [5, 5.41) is 13.2. The Kier molecular flexibility index (Phi) is 4.42. The summed E-state index contributed by atoms with van der Waals surface area (Å²) in [6.45, 7) is 3.74. The van der Waals surface area contributed by atoms with Crippen molar-refractivity contribution in [2.45, 2.75) is 24.9 Å². The van der Waals surface area contributed by atoms with Gasteiger partial charge in [0.2, 0.25) is 0 Å². The van der Waals surface area contributed by atoms with Crippen LogP contribution in [0.2, 0.25) is 0 Å². The van der Waals surface area contributed by atoms with Crippen LogP contribution in [0.15, 0.2) is 28.3 Å². The third-order valence-electron chi connectivity index (χ3n) is 1.74. The van der Waals surface area contributed by atoms with Crippen LogP contribution in [0.4, 0.5) is 4.79 Å². The number of nitrogens with zero attached hydrogens (tertiary/aromatic N) is 2. The van der Waals surface area contributed by atoms with Gasteiger partial charge in [-0.15, -0.1) is 11.8 Å². The van der Waals surface area contributed by atoms with Crippen molar-refractivity contribution in [2.75, 3.05) is 6.26 Å². The van der Waals surface area contributed by atoms with Crippen LogP contribution in [0.3, 0.4) is 0 Å². The molecule has 0 aliphatic heterocycles. The van der Waals surface area contributed by atoms with E-state index in [9.17, 15) is 10.0 Å². The molecule has 1 rings (SSSR count). The van der Waals surface area contributed by atoms with E-state index in [0.29, 0.717) is 10.4 Å². The molecule has 0 spiro atoms. The van der Waals surface area contributed by atoms with Gasteiger partial charge in [-0.05, 0) is 32.2 Å². The number of nitrogens with one attached hydrogen (secondary N) is 1. The van der Waals surface area contributed by atoms with E-state index in [1.807, 2.05) is 20.1 Å². The van der Waals surface area contributed by atoms with Crippen LogP contribution in [-0.2, 0) is 0 Å². The first-order valence-electron chi connectivity index (χ1n) is 4.84. The fourth-order valence-corrected chi connectivity index (χ4v) is 1.57. The summed E-state index contributed by atoms with van der Waals surface area (Å²) in [5.41, 5.74) is 0. The number of rotatable bonds is 2. The fourth-order valence-electron chi connectivity index (χ4n) is 1.08. The van der Waals surface area contributed by atoms with Crippen LogP contribution >= 0.6 is 11.8 Å². The monoisotopic (exact) mass is 241 g/mol. The lowest BCUT2D eigenvalue weighted by Gasteiger charge is -2.04. The van der Waals surface area contributed by atoms with Crippen molar-refractivity contribution in [3.05, 3.63) is 23.7 Å². The van der Waals surface area contributed by atoms with Gasteiger partial charge in [-0.3, -0.25) is 0 Å². The van der Waals surface area contributed by atoms with Crippen LogP contribution in [0.5, 0.6) is 0 Å². The van der Waals surface area contributed by atoms with Crippen molar-refractivity contribution >= 4 is 17.8 Å². The van der Waals surface area contributed by atoms with E-state index in [4.69, 9.17) is 0 Å². The highest BCUT2D eigenvalue weighted by molar-refractivity contribution is 7.98. The summed E-state index contributed by atoms with van der Waals surface area (Å²) in [6.07, 6.45) is 3.29. The molecule has 88 valence electrons. The molecule has 1 aromatic heterocycles. The molecule has 0 radical (unpaired) electrons. The van der Waals surface area contributed by atoms with Gasteiger partial charge in [-0.2, -0.15) is 9.72 Å². The number of amides is 2. The molecule has 1 aromatic rings. The van der Waals surface area contributed by atoms with Gasteiger partial charge in [0.1, 0.15) is 5.03 Å². The van der Waals surface area contributed by atoms with Gasteiger partial charge in [-0.1, -0.05) is 0 Å². The van der Waals surface area contributed by atoms with E-state index in [-0.39, 0.29) is 12.1 Å². The Bertz CT molecular complexity index is 440. The Labute approximate surface area is 98.2 Å². The minimum absolute atomic E-state index is 0.0581. The predicted molar refractivity (Wildman–Crippen MR) is 62.6 cm³/mol. The molecule has 2 amide bonds. The molecule has 0 aliphatic carbocycles. The summed E-state index contributed by atoms with van der Waals surface area (Å²) in [7, 11) is 0. The Morgan fingerprint density at radius 1 is 1.62 bits per heavy atom. The highest BCUT2D eigenvalue weighted by Gasteiger charge is 2.00. The average molecular weight is 241 g/mol. The number of aromatic nitrogens is 1. The molecule has 5 nitrogen and oxygen atoms in total. The Hall–Kier alpha value is -1.43. The lowest BCUT2D eigenvalue weighted by atomic mass is 10.4. The van der Waals surface area contributed by atoms with E-state index >= 15 is 0 Å². The number of urea groups is 1. The summed E-state index contributed by atoms with van der Waals surface area (Å²) < 4.78 is 0.990. The summed E-state index contributed by atoms with van der Waals surface area (Å²) in [5.74, 6) is 0. The van der Waals surface area contributed by atoms with Gasteiger partial charge in [0, 0.05) is 12.2 Å². The first-order valence-corrected chi connectivity index (χ1v) is 6.06. The number of hydrogen-bond acceptors (Lipinski definition) is 3. The predicted octanol–water partition coefficient (Wildman–Crippen LogP) is 1.47. The van der Waals surface area contributed by atoms with Gasteiger partial charge in [0.05, 0.1) is 5.36 Å². The van der Waals surface area contributed by atoms with Crippen molar-refractivity contribution in [2.24, 2.45) is 4.99 Å². The minimum atomic E-state index is -0.377. The van der Waals surface area contributed by atoms with E-state index in [0.717, 1.165) is 4.73 Å². The molecule has 6 heteroatoms. The molecule has 0 atom stereocenters. The van der Waals surface area contributed by atoms with Gasteiger partial charge < -0.3 is 10.5 Å². The van der Waals surface area contributed by atoms with E-state index in [2.05, 4.69) is 10.3 Å². The number of carbonyl (C=O) groups excluding carboxylic acids is 1. The van der Waals surface area contributed by atoms with Crippen LogP contribution in [-0.4, -0.2) is 28.3 Å². The molecule has 0 saturated heterocycles. The van der Waals surface area contributed by atoms with Crippen LogP contribution in [0.25, 0.3) is 0 Å². The highest BCUT2D eigenvalue weighted by Crippen LogP contribution is 2.09. The fraction of sp³-hybridized carbons (Fsp3) is 0.400. The molecule has 1 heterocycles. The zero-order valence-corrected chi connectivity index (χ0v) is 10.3.